The van der Waals surface area contributed by atoms with E-state index in [0.29, 0.717) is 0 Å². The molecule has 1 atom stereocenters. The number of nitrogens with one attached hydrogen (secondary N) is 1. The number of carbonyl (C=O) groups is 1. The van der Waals surface area contributed by atoms with Gasteiger partial charge in [-0.3, -0.25) is 4.79 Å². The molecule has 0 aromatic heterocycles. The fraction of sp³-hybridized carbons (Fsp3) is 0.923. The van der Waals surface area contributed by atoms with Gasteiger partial charge in [0.15, 0.2) is 0 Å². The van der Waals surface area contributed by atoms with Gasteiger partial charge in [0.05, 0.1) is 7.11 Å². The first-order valence-electron chi connectivity index (χ1n) is 6.73. The van der Waals surface area contributed by atoms with Crippen LogP contribution in [-0.4, -0.2) is 50.2 Å². The normalized spacial score (nSPS) is 12.8. The molecule has 0 rings (SSSR count). The summed E-state index contributed by atoms with van der Waals surface area (Å²) < 4.78 is 4.84. The second kappa shape index (κ2) is 10.5. The van der Waals surface area contributed by atoms with Gasteiger partial charge in [-0.1, -0.05) is 20.8 Å². The minimum atomic E-state index is -0.196. The van der Waals surface area contributed by atoms with E-state index >= 15 is 0 Å². The summed E-state index contributed by atoms with van der Waals surface area (Å²) >= 11 is 0. The molecule has 0 aliphatic carbocycles. The van der Waals surface area contributed by atoms with Crippen molar-refractivity contribution >= 4 is 5.97 Å². The van der Waals surface area contributed by atoms with Gasteiger partial charge in [0.2, 0.25) is 0 Å². The Morgan fingerprint density at radius 1 is 1.18 bits per heavy atom. The van der Waals surface area contributed by atoms with E-state index in [4.69, 9.17) is 4.74 Å². The lowest BCUT2D eigenvalue weighted by atomic mass is 10.2. The molecule has 0 spiro atoms. The van der Waals surface area contributed by atoms with Crippen LogP contribution < -0.4 is 5.32 Å². The highest BCUT2D eigenvalue weighted by Crippen LogP contribution is 1.99. The Morgan fingerprint density at radius 3 is 2.18 bits per heavy atom. The monoisotopic (exact) mass is 244 g/mol. The Kier molecular flexibility index (Phi) is 10.2. The maximum Gasteiger partial charge on any atom is 0.324 e. The summed E-state index contributed by atoms with van der Waals surface area (Å²) in [5, 5.41) is 3.25. The van der Waals surface area contributed by atoms with E-state index in [2.05, 4.69) is 31.0 Å². The average molecular weight is 244 g/mol. The first-order chi connectivity index (χ1) is 8.19. The summed E-state index contributed by atoms with van der Waals surface area (Å²) in [5.41, 5.74) is 0. The zero-order chi connectivity index (χ0) is 13.1. The third-order valence-electron chi connectivity index (χ3n) is 2.65. The molecule has 0 radical (unpaired) electrons. The Labute approximate surface area is 106 Å². The SMILES string of the molecule is CCCNC(CN(CCC)CCC)C(=O)OC. The molecule has 0 saturated heterocycles. The van der Waals surface area contributed by atoms with Crippen LogP contribution in [0.1, 0.15) is 40.0 Å². The Morgan fingerprint density at radius 2 is 1.76 bits per heavy atom. The van der Waals surface area contributed by atoms with Gasteiger partial charge >= 0.3 is 5.97 Å². The summed E-state index contributed by atoms with van der Waals surface area (Å²) in [6, 6.07) is -0.196. The van der Waals surface area contributed by atoms with Gasteiger partial charge in [-0.15, -0.1) is 0 Å². The molecule has 17 heavy (non-hydrogen) atoms. The maximum absolute atomic E-state index is 11.7. The maximum atomic E-state index is 11.7. The molecule has 0 fully saturated rings. The van der Waals surface area contributed by atoms with Gasteiger partial charge in [-0.25, -0.2) is 0 Å². The number of hydrogen-bond donors (Lipinski definition) is 1. The summed E-state index contributed by atoms with van der Waals surface area (Å²) in [5.74, 6) is -0.157. The van der Waals surface area contributed by atoms with Crippen LogP contribution in [0.2, 0.25) is 0 Å². The zero-order valence-electron chi connectivity index (χ0n) is 11.8. The van der Waals surface area contributed by atoms with Crippen LogP contribution in [-0.2, 0) is 9.53 Å². The second-order valence-corrected chi connectivity index (χ2v) is 4.33. The minimum Gasteiger partial charge on any atom is -0.468 e. The third kappa shape index (κ3) is 7.34. The lowest BCUT2D eigenvalue weighted by Crippen LogP contribution is -2.47. The molecule has 4 heteroatoms. The summed E-state index contributed by atoms with van der Waals surface area (Å²) in [6.07, 6.45) is 3.25. The highest BCUT2D eigenvalue weighted by molar-refractivity contribution is 5.75. The molecule has 1 unspecified atom stereocenters. The molecule has 0 heterocycles. The first kappa shape index (κ1) is 16.4. The van der Waals surface area contributed by atoms with Crippen LogP contribution in [0.4, 0.5) is 0 Å². The fourth-order valence-corrected chi connectivity index (χ4v) is 1.87. The number of hydrogen-bond acceptors (Lipinski definition) is 4. The van der Waals surface area contributed by atoms with Crippen molar-refractivity contribution in [1.29, 1.82) is 0 Å². The number of ether oxygens (including phenoxy) is 1. The van der Waals surface area contributed by atoms with Crippen LogP contribution in [0.25, 0.3) is 0 Å². The van der Waals surface area contributed by atoms with Gasteiger partial charge in [0.25, 0.3) is 0 Å². The van der Waals surface area contributed by atoms with Crippen LogP contribution in [0, 0.1) is 0 Å². The Bertz CT molecular complexity index is 192. The van der Waals surface area contributed by atoms with Gasteiger partial charge in [0, 0.05) is 6.54 Å². The first-order valence-corrected chi connectivity index (χ1v) is 6.73. The predicted molar refractivity (Wildman–Crippen MR) is 71.1 cm³/mol. The molecular formula is C13H28N2O2. The van der Waals surface area contributed by atoms with Gasteiger partial charge in [-0.05, 0) is 38.9 Å². The van der Waals surface area contributed by atoms with Crippen LogP contribution in [0.15, 0.2) is 0 Å². The van der Waals surface area contributed by atoms with Crippen molar-refractivity contribution in [1.82, 2.24) is 10.2 Å². The molecule has 0 aromatic rings. The van der Waals surface area contributed by atoms with Crippen molar-refractivity contribution in [2.24, 2.45) is 0 Å². The van der Waals surface area contributed by atoms with Crippen LogP contribution >= 0.6 is 0 Å². The highest BCUT2D eigenvalue weighted by Gasteiger charge is 2.20. The van der Waals surface area contributed by atoms with E-state index in [1.54, 1.807) is 0 Å². The van der Waals surface area contributed by atoms with Gasteiger partial charge in [0.1, 0.15) is 6.04 Å². The molecule has 0 aromatic carbocycles. The van der Waals surface area contributed by atoms with Gasteiger partial charge < -0.3 is 15.0 Å². The van der Waals surface area contributed by atoms with E-state index in [1.165, 1.54) is 7.11 Å². The van der Waals surface area contributed by atoms with Crippen molar-refractivity contribution in [3.8, 4) is 0 Å². The predicted octanol–water partition coefficient (Wildman–Crippen LogP) is 1.65. The second-order valence-electron chi connectivity index (χ2n) is 4.33. The molecule has 0 aliphatic heterocycles. The van der Waals surface area contributed by atoms with E-state index in [-0.39, 0.29) is 12.0 Å². The Hall–Kier alpha value is -0.610. The molecule has 0 amide bonds. The van der Waals surface area contributed by atoms with Crippen molar-refractivity contribution in [2.45, 2.75) is 46.1 Å². The lowest BCUT2D eigenvalue weighted by molar-refractivity contribution is -0.143. The van der Waals surface area contributed by atoms with E-state index in [1.807, 2.05) is 0 Å². The number of carbonyl (C=O) groups excluding carboxylic acids is 1. The summed E-state index contributed by atoms with van der Waals surface area (Å²) in [6.45, 7) is 10.1. The molecule has 0 aliphatic rings. The smallest absolute Gasteiger partial charge is 0.324 e. The molecule has 102 valence electrons. The fourth-order valence-electron chi connectivity index (χ4n) is 1.87. The largest absolute Gasteiger partial charge is 0.468 e. The molecule has 0 saturated carbocycles. The van der Waals surface area contributed by atoms with Crippen molar-refractivity contribution in [3.05, 3.63) is 0 Å². The van der Waals surface area contributed by atoms with E-state index in [9.17, 15) is 4.79 Å². The topological polar surface area (TPSA) is 41.6 Å². The van der Waals surface area contributed by atoms with Crippen molar-refractivity contribution in [2.75, 3.05) is 33.3 Å². The molecular weight excluding hydrogens is 216 g/mol. The average Bonchev–Trinajstić information content (AvgIpc) is 2.33. The summed E-state index contributed by atoms with van der Waals surface area (Å²) in [7, 11) is 1.45. The standard InChI is InChI=1S/C13H28N2O2/c1-5-8-14-12(13(16)17-4)11-15(9-6-2)10-7-3/h12,14H,5-11H2,1-4H3. The van der Waals surface area contributed by atoms with E-state index < -0.39 is 0 Å². The molecule has 4 nitrogen and oxygen atoms in total. The molecule has 0 bridgehead atoms. The zero-order valence-corrected chi connectivity index (χ0v) is 11.8. The lowest BCUT2D eigenvalue weighted by Gasteiger charge is -2.26. The van der Waals surface area contributed by atoms with Gasteiger partial charge in [-0.2, -0.15) is 0 Å². The quantitative estimate of drug-likeness (QED) is 0.593. The van der Waals surface area contributed by atoms with Crippen molar-refractivity contribution < 1.29 is 9.53 Å². The third-order valence-corrected chi connectivity index (χ3v) is 2.65. The van der Waals surface area contributed by atoms with Crippen molar-refractivity contribution in [3.63, 3.8) is 0 Å². The number of nitrogens with zero attached hydrogens (tertiary/aromatic N) is 1. The summed E-state index contributed by atoms with van der Waals surface area (Å²) in [4.78, 5) is 14.0. The number of esters is 1. The number of methoxy groups -OCH3 is 1. The van der Waals surface area contributed by atoms with E-state index in [0.717, 1.165) is 45.4 Å². The van der Waals surface area contributed by atoms with Crippen LogP contribution in [0.3, 0.4) is 0 Å². The molecule has 1 N–H and O–H groups in total. The Balaban J connectivity index is 4.29. The minimum absolute atomic E-state index is 0.157. The highest BCUT2D eigenvalue weighted by atomic mass is 16.5. The van der Waals surface area contributed by atoms with Crippen LogP contribution in [0.5, 0.6) is 0 Å². The number of rotatable bonds is 10.